The van der Waals surface area contributed by atoms with Gasteiger partial charge in [-0.2, -0.15) is 0 Å². The van der Waals surface area contributed by atoms with E-state index in [2.05, 4.69) is 5.32 Å². The topological polar surface area (TPSA) is 50.7 Å². The van der Waals surface area contributed by atoms with Crippen LogP contribution in [0.15, 0.2) is 12.1 Å². The molecule has 1 heterocycles. The predicted octanol–water partition coefficient (Wildman–Crippen LogP) is 1.27. The van der Waals surface area contributed by atoms with Crippen LogP contribution in [0, 0.1) is 0 Å². The van der Waals surface area contributed by atoms with Crippen molar-refractivity contribution < 1.29 is 14.6 Å². The second-order valence-electron chi connectivity index (χ2n) is 4.18. The maximum Gasteiger partial charge on any atom is 0.125 e. The summed E-state index contributed by atoms with van der Waals surface area (Å²) in [7, 11) is 3.45. The molecule has 1 aliphatic heterocycles. The lowest BCUT2D eigenvalue weighted by atomic mass is 9.95. The normalized spacial score (nSPS) is 15.9. The molecular weight excluding hydrogens is 218 g/mol. The average molecular weight is 237 g/mol. The number of aliphatic hydroxyl groups excluding tert-OH is 1. The Morgan fingerprint density at radius 2 is 2.35 bits per heavy atom. The van der Waals surface area contributed by atoms with Crippen molar-refractivity contribution in [2.24, 2.45) is 0 Å². The SMILES string of the molecule is CNCC(O)c1c(OC)ccc2c1CCCO2. The number of nitrogens with one attached hydrogen (secondary N) is 1. The summed E-state index contributed by atoms with van der Waals surface area (Å²) in [4.78, 5) is 0. The van der Waals surface area contributed by atoms with Crippen molar-refractivity contribution in [1.29, 1.82) is 0 Å². The molecule has 2 N–H and O–H groups in total. The average Bonchev–Trinajstić information content (AvgIpc) is 2.37. The molecule has 1 unspecified atom stereocenters. The molecule has 1 aliphatic rings. The maximum absolute atomic E-state index is 10.2. The summed E-state index contributed by atoms with van der Waals surface area (Å²) in [6.07, 6.45) is 1.36. The first-order valence-electron chi connectivity index (χ1n) is 5.93. The van der Waals surface area contributed by atoms with Gasteiger partial charge in [0.05, 0.1) is 19.8 Å². The van der Waals surface area contributed by atoms with Crippen LogP contribution in [0.25, 0.3) is 0 Å². The fourth-order valence-electron chi connectivity index (χ4n) is 2.29. The Labute approximate surface area is 102 Å². The van der Waals surface area contributed by atoms with Gasteiger partial charge in [-0.25, -0.2) is 0 Å². The summed E-state index contributed by atoms with van der Waals surface area (Å²) in [5.74, 6) is 1.61. The first-order valence-corrected chi connectivity index (χ1v) is 5.93. The van der Waals surface area contributed by atoms with E-state index < -0.39 is 6.10 Å². The number of fused-ring (bicyclic) bond motifs is 1. The van der Waals surface area contributed by atoms with Crippen LogP contribution in [0.4, 0.5) is 0 Å². The third-order valence-corrected chi connectivity index (χ3v) is 3.05. The molecule has 0 radical (unpaired) electrons. The number of methoxy groups -OCH3 is 1. The monoisotopic (exact) mass is 237 g/mol. The Bertz CT molecular complexity index is 392. The minimum atomic E-state index is -0.563. The van der Waals surface area contributed by atoms with Gasteiger partial charge in [-0.05, 0) is 32.0 Å². The standard InChI is InChI=1S/C13H19NO3/c1-14-8-10(15)13-9-4-3-7-17-11(9)5-6-12(13)16-2/h5-6,10,14-15H,3-4,7-8H2,1-2H3. The first kappa shape index (κ1) is 12.2. The van der Waals surface area contributed by atoms with E-state index in [0.717, 1.165) is 42.1 Å². The van der Waals surface area contributed by atoms with E-state index >= 15 is 0 Å². The van der Waals surface area contributed by atoms with E-state index in [1.165, 1.54) is 0 Å². The molecule has 0 bridgehead atoms. The van der Waals surface area contributed by atoms with Crippen LogP contribution in [0.2, 0.25) is 0 Å². The van der Waals surface area contributed by atoms with Crippen molar-refractivity contribution in [2.45, 2.75) is 18.9 Å². The number of hydrogen-bond acceptors (Lipinski definition) is 4. The number of likely N-dealkylation sites (N-methyl/N-ethyl adjacent to an activating group) is 1. The van der Waals surface area contributed by atoms with Crippen LogP contribution < -0.4 is 14.8 Å². The summed E-state index contributed by atoms with van der Waals surface area (Å²) >= 11 is 0. The first-order chi connectivity index (χ1) is 8.27. The molecule has 1 atom stereocenters. The van der Waals surface area contributed by atoms with E-state index in [9.17, 15) is 5.11 Å². The fraction of sp³-hybridized carbons (Fsp3) is 0.538. The van der Waals surface area contributed by atoms with Gasteiger partial charge in [-0.1, -0.05) is 0 Å². The molecule has 0 aliphatic carbocycles. The largest absolute Gasteiger partial charge is 0.496 e. The van der Waals surface area contributed by atoms with Gasteiger partial charge < -0.3 is 19.9 Å². The lowest BCUT2D eigenvalue weighted by Crippen LogP contribution is -2.20. The molecule has 1 aromatic carbocycles. The van der Waals surface area contributed by atoms with Crippen molar-refractivity contribution in [3.05, 3.63) is 23.3 Å². The second-order valence-corrected chi connectivity index (χ2v) is 4.18. The second kappa shape index (κ2) is 5.38. The van der Waals surface area contributed by atoms with Gasteiger partial charge in [0.1, 0.15) is 11.5 Å². The third-order valence-electron chi connectivity index (χ3n) is 3.05. The number of benzene rings is 1. The van der Waals surface area contributed by atoms with Crippen LogP contribution in [0.1, 0.15) is 23.7 Å². The highest BCUT2D eigenvalue weighted by molar-refractivity contribution is 5.50. The number of ether oxygens (including phenoxy) is 2. The highest BCUT2D eigenvalue weighted by Crippen LogP contribution is 2.37. The zero-order chi connectivity index (χ0) is 12.3. The van der Waals surface area contributed by atoms with Crippen LogP contribution in [-0.2, 0) is 6.42 Å². The van der Waals surface area contributed by atoms with Gasteiger partial charge >= 0.3 is 0 Å². The minimum Gasteiger partial charge on any atom is -0.496 e. The Morgan fingerprint density at radius 1 is 1.53 bits per heavy atom. The van der Waals surface area contributed by atoms with E-state index in [1.807, 2.05) is 19.2 Å². The molecule has 2 rings (SSSR count). The van der Waals surface area contributed by atoms with Crippen molar-refractivity contribution in [3.63, 3.8) is 0 Å². The fourth-order valence-corrected chi connectivity index (χ4v) is 2.29. The Hall–Kier alpha value is -1.26. The van der Waals surface area contributed by atoms with Crippen molar-refractivity contribution in [1.82, 2.24) is 5.32 Å². The van der Waals surface area contributed by atoms with Gasteiger partial charge in [0.15, 0.2) is 0 Å². The number of rotatable bonds is 4. The van der Waals surface area contributed by atoms with Gasteiger partial charge in [-0.3, -0.25) is 0 Å². The number of aliphatic hydroxyl groups is 1. The molecule has 94 valence electrons. The van der Waals surface area contributed by atoms with Crippen molar-refractivity contribution in [3.8, 4) is 11.5 Å². The van der Waals surface area contributed by atoms with E-state index in [0.29, 0.717) is 6.54 Å². The third kappa shape index (κ3) is 2.37. The molecule has 0 saturated carbocycles. The van der Waals surface area contributed by atoms with Crippen molar-refractivity contribution >= 4 is 0 Å². The minimum absolute atomic E-state index is 0.507. The van der Waals surface area contributed by atoms with Gasteiger partial charge in [-0.15, -0.1) is 0 Å². The van der Waals surface area contributed by atoms with E-state index in [1.54, 1.807) is 7.11 Å². The Morgan fingerprint density at radius 3 is 3.06 bits per heavy atom. The van der Waals surface area contributed by atoms with Crippen LogP contribution in [0.5, 0.6) is 11.5 Å². The van der Waals surface area contributed by atoms with Crippen LogP contribution in [0.3, 0.4) is 0 Å². The van der Waals surface area contributed by atoms with E-state index in [-0.39, 0.29) is 0 Å². The molecule has 1 aromatic rings. The predicted molar refractivity (Wildman–Crippen MR) is 65.7 cm³/mol. The van der Waals surface area contributed by atoms with Gasteiger partial charge in [0, 0.05) is 17.7 Å². The molecule has 0 fully saturated rings. The van der Waals surface area contributed by atoms with E-state index in [4.69, 9.17) is 9.47 Å². The highest BCUT2D eigenvalue weighted by atomic mass is 16.5. The quantitative estimate of drug-likeness (QED) is 0.828. The molecule has 0 aromatic heterocycles. The van der Waals surface area contributed by atoms with Crippen LogP contribution >= 0.6 is 0 Å². The zero-order valence-electron chi connectivity index (χ0n) is 10.3. The molecule has 0 saturated heterocycles. The van der Waals surface area contributed by atoms with Crippen LogP contribution in [-0.4, -0.2) is 32.4 Å². The maximum atomic E-state index is 10.2. The molecule has 0 spiro atoms. The van der Waals surface area contributed by atoms with Gasteiger partial charge in [0.25, 0.3) is 0 Å². The molecule has 4 heteroatoms. The number of hydrogen-bond donors (Lipinski definition) is 2. The molecule has 4 nitrogen and oxygen atoms in total. The molecule has 0 amide bonds. The summed E-state index contributed by atoms with van der Waals surface area (Å²) in [6, 6.07) is 3.78. The summed E-state index contributed by atoms with van der Waals surface area (Å²) in [5, 5.41) is 13.2. The summed E-state index contributed by atoms with van der Waals surface area (Å²) in [5.41, 5.74) is 1.94. The Kier molecular flexibility index (Phi) is 3.86. The lowest BCUT2D eigenvalue weighted by molar-refractivity contribution is 0.170. The zero-order valence-corrected chi connectivity index (χ0v) is 10.3. The lowest BCUT2D eigenvalue weighted by Gasteiger charge is -2.24. The molecular formula is C13H19NO3. The smallest absolute Gasteiger partial charge is 0.125 e. The molecule has 17 heavy (non-hydrogen) atoms. The summed E-state index contributed by atoms with van der Waals surface area (Å²) in [6.45, 7) is 1.26. The van der Waals surface area contributed by atoms with Crippen molar-refractivity contribution in [2.75, 3.05) is 27.3 Å². The van der Waals surface area contributed by atoms with Gasteiger partial charge in [0.2, 0.25) is 0 Å². The Balaban J connectivity index is 2.44. The highest BCUT2D eigenvalue weighted by Gasteiger charge is 2.22. The summed E-state index contributed by atoms with van der Waals surface area (Å²) < 4.78 is 10.9.